The lowest BCUT2D eigenvalue weighted by molar-refractivity contribution is 0.131. The first-order valence-corrected chi connectivity index (χ1v) is 11.1. The molecule has 0 unspecified atom stereocenters. The van der Waals surface area contributed by atoms with Gasteiger partial charge in [0.15, 0.2) is 5.82 Å². The van der Waals surface area contributed by atoms with E-state index in [-0.39, 0.29) is 21.7 Å². The Kier molecular flexibility index (Phi) is 4.83. The average Bonchev–Trinajstić information content (AvgIpc) is 3.46. The number of hydrogen-bond donors (Lipinski definition) is 1. The third-order valence-electron chi connectivity index (χ3n) is 6.28. The van der Waals surface area contributed by atoms with E-state index in [9.17, 15) is 4.39 Å². The zero-order valence-electron chi connectivity index (χ0n) is 17.9. The Balaban J connectivity index is 1.28. The molecule has 2 fully saturated rings. The first kappa shape index (κ1) is 20.8. The van der Waals surface area contributed by atoms with E-state index in [1.807, 2.05) is 12.1 Å². The molecule has 11 heteroatoms. The first-order valence-electron chi connectivity index (χ1n) is 10.7. The van der Waals surface area contributed by atoms with Gasteiger partial charge < -0.3 is 15.0 Å². The van der Waals surface area contributed by atoms with Crippen molar-refractivity contribution in [2.24, 2.45) is 5.41 Å². The number of rotatable bonds is 4. The zero-order valence-corrected chi connectivity index (χ0v) is 18.6. The molecular formula is C23H18ClFN8O. The summed E-state index contributed by atoms with van der Waals surface area (Å²) in [7, 11) is 0. The van der Waals surface area contributed by atoms with Gasteiger partial charge in [0.1, 0.15) is 29.5 Å². The van der Waals surface area contributed by atoms with E-state index < -0.39 is 5.82 Å². The SMILES string of the molecule is N#Cc1cc(F)c(-n2ncc3cnc(Nc4cc(N5CC6(CCOC6)C5)ncn4)cc32)c(Cl)c1. The highest BCUT2D eigenvalue weighted by molar-refractivity contribution is 6.32. The van der Waals surface area contributed by atoms with Gasteiger partial charge in [-0.15, -0.1) is 0 Å². The number of anilines is 3. The second-order valence-electron chi connectivity index (χ2n) is 8.63. The van der Waals surface area contributed by atoms with Crippen LogP contribution >= 0.6 is 11.6 Å². The van der Waals surface area contributed by atoms with Gasteiger partial charge in [-0.05, 0) is 18.6 Å². The summed E-state index contributed by atoms with van der Waals surface area (Å²) in [5.74, 6) is 1.30. The minimum Gasteiger partial charge on any atom is -0.381 e. The van der Waals surface area contributed by atoms with Crippen LogP contribution < -0.4 is 10.2 Å². The van der Waals surface area contributed by atoms with Gasteiger partial charge in [0.25, 0.3) is 0 Å². The van der Waals surface area contributed by atoms with Crippen molar-refractivity contribution in [1.82, 2.24) is 24.7 Å². The summed E-state index contributed by atoms with van der Waals surface area (Å²) in [6.45, 7) is 3.47. The highest BCUT2D eigenvalue weighted by Crippen LogP contribution is 2.40. The zero-order chi connectivity index (χ0) is 23.3. The molecule has 170 valence electrons. The molecule has 3 aromatic heterocycles. The maximum Gasteiger partial charge on any atom is 0.151 e. The minimum atomic E-state index is -0.638. The van der Waals surface area contributed by atoms with Crippen molar-refractivity contribution >= 4 is 40.0 Å². The van der Waals surface area contributed by atoms with Crippen LogP contribution in [0.4, 0.5) is 21.8 Å². The van der Waals surface area contributed by atoms with E-state index in [0.717, 1.165) is 44.6 Å². The number of fused-ring (bicyclic) bond motifs is 1. The Labute approximate surface area is 198 Å². The number of ether oxygens (including phenoxy) is 1. The molecule has 1 N–H and O–H groups in total. The Morgan fingerprint density at radius 2 is 1.97 bits per heavy atom. The third-order valence-corrected chi connectivity index (χ3v) is 6.57. The van der Waals surface area contributed by atoms with E-state index in [0.29, 0.717) is 22.5 Å². The Bertz CT molecular complexity index is 1430. The van der Waals surface area contributed by atoms with Crippen molar-refractivity contribution in [3.8, 4) is 11.8 Å². The predicted molar refractivity (Wildman–Crippen MR) is 124 cm³/mol. The number of pyridine rings is 1. The van der Waals surface area contributed by atoms with Gasteiger partial charge in [0.2, 0.25) is 0 Å². The summed E-state index contributed by atoms with van der Waals surface area (Å²) in [5.41, 5.74) is 1.06. The van der Waals surface area contributed by atoms with Gasteiger partial charge in [0, 0.05) is 48.8 Å². The molecule has 4 aromatic rings. The maximum atomic E-state index is 14.7. The Morgan fingerprint density at radius 1 is 1.12 bits per heavy atom. The Hall–Kier alpha value is -3.81. The molecule has 2 aliphatic rings. The van der Waals surface area contributed by atoms with Gasteiger partial charge in [-0.2, -0.15) is 10.4 Å². The predicted octanol–water partition coefficient (Wildman–Crippen LogP) is 3.84. The van der Waals surface area contributed by atoms with Gasteiger partial charge in [-0.1, -0.05) is 11.6 Å². The first-order chi connectivity index (χ1) is 16.5. The van der Waals surface area contributed by atoms with Crippen molar-refractivity contribution < 1.29 is 9.13 Å². The van der Waals surface area contributed by atoms with Crippen LogP contribution in [-0.2, 0) is 4.74 Å². The molecule has 9 nitrogen and oxygen atoms in total. The number of nitriles is 1. The van der Waals surface area contributed by atoms with Gasteiger partial charge >= 0.3 is 0 Å². The highest BCUT2D eigenvalue weighted by atomic mass is 35.5. The van der Waals surface area contributed by atoms with Crippen molar-refractivity contribution in [1.29, 1.82) is 5.26 Å². The summed E-state index contributed by atoms with van der Waals surface area (Å²) in [6, 6.07) is 8.06. The van der Waals surface area contributed by atoms with Gasteiger partial charge in [0.05, 0.1) is 35.0 Å². The lowest BCUT2D eigenvalue weighted by Gasteiger charge is -2.47. The third kappa shape index (κ3) is 3.50. The van der Waals surface area contributed by atoms with E-state index in [2.05, 4.69) is 30.3 Å². The smallest absolute Gasteiger partial charge is 0.151 e. The summed E-state index contributed by atoms with van der Waals surface area (Å²) in [6.07, 6.45) is 5.82. The van der Waals surface area contributed by atoms with Crippen LogP contribution in [0.2, 0.25) is 5.02 Å². The summed E-state index contributed by atoms with van der Waals surface area (Å²) in [5, 5.41) is 17.3. The molecule has 34 heavy (non-hydrogen) atoms. The number of aromatic nitrogens is 5. The summed E-state index contributed by atoms with van der Waals surface area (Å²) < 4.78 is 21.7. The van der Waals surface area contributed by atoms with Crippen molar-refractivity contribution in [3.63, 3.8) is 0 Å². The maximum absolute atomic E-state index is 14.7. The van der Waals surface area contributed by atoms with Crippen LogP contribution in [0.25, 0.3) is 16.6 Å². The number of benzene rings is 1. The second kappa shape index (κ2) is 7.90. The number of hydrogen-bond acceptors (Lipinski definition) is 8. The minimum absolute atomic E-state index is 0.0692. The van der Waals surface area contributed by atoms with E-state index >= 15 is 0 Å². The van der Waals surface area contributed by atoms with Crippen LogP contribution in [0.3, 0.4) is 0 Å². The number of halogens is 2. The van der Waals surface area contributed by atoms with Crippen molar-refractivity contribution in [2.45, 2.75) is 6.42 Å². The molecule has 6 rings (SSSR count). The standard InChI is InChI=1S/C23H18ClFN8O/c24-16-3-14(7-26)4-17(25)22(16)33-18-5-19(27-8-15(18)9-30-33)31-20-6-21(29-13-28-20)32-10-23(11-32)1-2-34-12-23/h3-6,8-9,13H,1-2,10-12H2,(H,27,28,29,31). The fraction of sp³-hybridized carbons (Fsp3) is 0.261. The van der Waals surface area contributed by atoms with Crippen LogP contribution in [0.1, 0.15) is 12.0 Å². The lowest BCUT2D eigenvalue weighted by atomic mass is 9.79. The summed E-state index contributed by atoms with van der Waals surface area (Å²) >= 11 is 6.27. The topological polar surface area (TPSA) is 105 Å². The molecular weight excluding hydrogens is 459 g/mol. The summed E-state index contributed by atoms with van der Waals surface area (Å²) in [4.78, 5) is 15.4. The molecule has 0 atom stereocenters. The largest absolute Gasteiger partial charge is 0.381 e. The van der Waals surface area contributed by atoms with Crippen LogP contribution in [0.15, 0.2) is 43.0 Å². The van der Waals surface area contributed by atoms with E-state index in [1.54, 1.807) is 18.5 Å². The van der Waals surface area contributed by atoms with Crippen LogP contribution in [0, 0.1) is 22.6 Å². The molecule has 2 saturated heterocycles. The quantitative estimate of drug-likeness (QED) is 0.473. The molecule has 2 aliphatic heterocycles. The molecule has 1 aromatic carbocycles. The van der Waals surface area contributed by atoms with Crippen LogP contribution in [0.5, 0.6) is 0 Å². The molecule has 0 radical (unpaired) electrons. The average molecular weight is 477 g/mol. The number of nitrogens with zero attached hydrogens (tertiary/aromatic N) is 7. The van der Waals surface area contributed by atoms with E-state index in [4.69, 9.17) is 21.6 Å². The van der Waals surface area contributed by atoms with Gasteiger partial charge in [-0.25, -0.2) is 24.0 Å². The molecule has 0 amide bonds. The molecule has 1 spiro atoms. The molecule has 0 aliphatic carbocycles. The Morgan fingerprint density at radius 3 is 2.74 bits per heavy atom. The lowest BCUT2D eigenvalue weighted by Crippen LogP contribution is -2.57. The number of nitrogens with one attached hydrogen (secondary N) is 1. The molecule has 0 bridgehead atoms. The fourth-order valence-corrected chi connectivity index (χ4v) is 4.83. The normalized spacial score (nSPS) is 16.6. The second-order valence-corrected chi connectivity index (χ2v) is 9.04. The van der Waals surface area contributed by atoms with E-state index in [1.165, 1.54) is 17.1 Å². The highest BCUT2D eigenvalue weighted by Gasteiger charge is 2.46. The van der Waals surface area contributed by atoms with Crippen LogP contribution in [-0.4, -0.2) is 51.0 Å². The molecule has 0 saturated carbocycles. The molecule has 5 heterocycles. The monoisotopic (exact) mass is 476 g/mol. The van der Waals surface area contributed by atoms with Crippen molar-refractivity contribution in [3.05, 3.63) is 59.4 Å². The van der Waals surface area contributed by atoms with Crippen molar-refractivity contribution in [2.75, 3.05) is 36.5 Å². The fourth-order valence-electron chi connectivity index (χ4n) is 4.54. The van der Waals surface area contributed by atoms with Gasteiger partial charge in [-0.3, -0.25) is 0 Å².